The Morgan fingerprint density at radius 1 is 1.35 bits per heavy atom. The Hall–Kier alpha value is -2.08. The van der Waals surface area contributed by atoms with Crippen LogP contribution in [-0.2, 0) is 0 Å². The molecule has 2 rings (SSSR count). The summed E-state index contributed by atoms with van der Waals surface area (Å²) in [5.41, 5.74) is 8.39. The summed E-state index contributed by atoms with van der Waals surface area (Å²) in [6.45, 7) is 0. The van der Waals surface area contributed by atoms with Crippen molar-refractivity contribution in [3.8, 4) is 0 Å². The highest BCUT2D eigenvalue weighted by molar-refractivity contribution is 9.10. The van der Waals surface area contributed by atoms with Gasteiger partial charge in [0.15, 0.2) is 0 Å². The number of rotatable bonds is 3. The smallest absolute Gasteiger partial charge is 0.255 e. The summed E-state index contributed by atoms with van der Waals surface area (Å²) in [5, 5.41) is 2.85. The number of aromatic nitrogens is 1. The fraction of sp³-hybridized carbons (Fsp3) is 0.143. The van der Waals surface area contributed by atoms with Crippen LogP contribution >= 0.6 is 15.9 Å². The largest absolute Gasteiger partial charge is 0.398 e. The van der Waals surface area contributed by atoms with Gasteiger partial charge in [-0.2, -0.15) is 0 Å². The average Bonchev–Trinajstić information content (AvgIpc) is 2.42. The number of nitrogens with zero attached hydrogens (tertiary/aromatic N) is 2. The predicted octanol–water partition coefficient (Wildman–Crippen LogP) is 2.74. The lowest BCUT2D eigenvalue weighted by molar-refractivity contribution is 0.102. The molecule has 1 heterocycles. The van der Waals surface area contributed by atoms with E-state index in [0.29, 0.717) is 21.4 Å². The molecule has 1 aromatic heterocycles. The molecule has 0 unspecified atom stereocenters. The molecule has 1 aromatic carbocycles. The Morgan fingerprint density at radius 2 is 2.10 bits per heavy atom. The van der Waals surface area contributed by atoms with Crippen LogP contribution in [0.5, 0.6) is 0 Å². The second-order valence-electron chi connectivity index (χ2n) is 4.48. The summed E-state index contributed by atoms with van der Waals surface area (Å²) in [6.07, 6.45) is 3.31. The highest BCUT2D eigenvalue weighted by atomic mass is 79.9. The van der Waals surface area contributed by atoms with Crippen molar-refractivity contribution in [2.45, 2.75) is 0 Å². The Bertz CT molecular complexity index is 643. The first-order valence-electron chi connectivity index (χ1n) is 5.96. The van der Waals surface area contributed by atoms with Crippen LogP contribution in [0.15, 0.2) is 41.1 Å². The van der Waals surface area contributed by atoms with Crippen molar-refractivity contribution >= 4 is 38.9 Å². The third-order valence-electron chi connectivity index (χ3n) is 2.79. The van der Waals surface area contributed by atoms with Gasteiger partial charge in [0.25, 0.3) is 5.91 Å². The molecular weight excluding hydrogens is 320 g/mol. The Kier molecular flexibility index (Phi) is 4.24. The van der Waals surface area contributed by atoms with Crippen molar-refractivity contribution in [2.75, 3.05) is 30.0 Å². The topological polar surface area (TPSA) is 71.2 Å². The minimum atomic E-state index is -0.207. The van der Waals surface area contributed by atoms with Crippen LogP contribution in [0.3, 0.4) is 0 Å². The van der Waals surface area contributed by atoms with Crippen LogP contribution in [0.1, 0.15) is 10.4 Å². The van der Waals surface area contributed by atoms with Gasteiger partial charge in [-0.1, -0.05) is 0 Å². The zero-order valence-corrected chi connectivity index (χ0v) is 12.8. The van der Waals surface area contributed by atoms with Gasteiger partial charge >= 0.3 is 0 Å². The Balaban J connectivity index is 2.26. The predicted molar refractivity (Wildman–Crippen MR) is 85.1 cm³/mol. The molecule has 0 aliphatic rings. The molecule has 0 bridgehead atoms. The van der Waals surface area contributed by atoms with Gasteiger partial charge < -0.3 is 16.0 Å². The number of anilines is 3. The first-order valence-corrected chi connectivity index (χ1v) is 6.76. The number of pyridine rings is 1. The molecule has 104 valence electrons. The van der Waals surface area contributed by atoms with Crippen LogP contribution < -0.4 is 16.0 Å². The number of nitrogen functional groups attached to an aromatic ring is 1. The normalized spacial score (nSPS) is 10.2. The number of nitrogens with one attached hydrogen (secondary N) is 1. The highest BCUT2D eigenvalue weighted by Gasteiger charge is 2.11. The van der Waals surface area contributed by atoms with E-state index >= 15 is 0 Å². The molecule has 0 radical (unpaired) electrons. The summed E-state index contributed by atoms with van der Waals surface area (Å²) in [7, 11) is 3.82. The van der Waals surface area contributed by atoms with Gasteiger partial charge in [0.05, 0.1) is 17.6 Å². The average molecular weight is 335 g/mol. The molecular formula is C14H15BrN4O. The van der Waals surface area contributed by atoms with Crippen molar-refractivity contribution in [2.24, 2.45) is 0 Å². The molecule has 0 atom stereocenters. The summed E-state index contributed by atoms with van der Waals surface area (Å²) in [5.74, 6) is -0.207. The fourth-order valence-electron chi connectivity index (χ4n) is 1.74. The van der Waals surface area contributed by atoms with Gasteiger partial charge in [-0.3, -0.25) is 9.78 Å². The van der Waals surface area contributed by atoms with E-state index in [9.17, 15) is 4.79 Å². The SMILES string of the molecule is CN(C)c1ccncc1NC(=O)c1ccc(N)c(Br)c1. The zero-order chi connectivity index (χ0) is 14.7. The summed E-state index contributed by atoms with van der Waals surface area (Å²) in [6, 6.07) is 6.90. The molecule has 0 aliphatic heterocycles. The second kappa shape index (κ2) is 5.92. The number of carbonyl (C=O) groups is 1. The first-order chi connectivity index (χ1) is 9.49. The van der Waals surface area contributed by atoms with E-state index in [0.717, 1.165) is 5.69 Å². The standard InChI is InChI=1S/C14H15BrN4O/c1-19(2)13-5-6-17-8-12(13)18-14(20)9-3-4-11(16)10(15)7-9/h3-8H,16H2,1-2H3,(H,18,20). The van der Waals surface area contributed by atoms with Gasteiger partial charge in [-0.15, -0.1) is 0 Å². The molecule has 0 saturated carbocycles. The van der Waals surface area contributed by atoms with Gasteiger partial charge in [-0.25, -0.2) is 0 Å². The lowest BCUT2D eigenvalue weighted by atomic mass is 10.2. The third-order valence-corrected chi connectivity index (χ3v) is 3.48. The second-order valence-corrected chi connectivity index (χ2v) is 5.33. The van der Waals surface area contributed by atoms with E-state index in [4.69, 9.17) is 5.73 Å². The van der Waals surface area contributed by atoms with Crippen molar-refractivity contribution in [1.82, 2.24) is 4.98 Å². The maximum Gasteiger partial charge on any atom is 0.255 e. The Labute approximate surface area is 125 Å². The van der Waals surface area contributed by atoms with E-state index in [1.807, 2.05) is 25.1 Å². The molecule has 3 N–H and O–H groups in total. The molecule has 2 aromatic rings. The van der Waals surface area contributed by atoms with Gasteiger partial charge in [-0.05, 0) is 40.2 Å². The summed E-state index contributed by atoms with van der Waals surface area (Å²) >= 11 is 3.31. The maximum absolute atomic E-state index is 12.2. The number of nitrogens with two attached hydrogens (primary N) is 1. The molecule has 0 spiro atoms. The number of hydrogen-bond donors (Lipinski definition) is 2. The zero-order valence-electron chi connectivity index (χ0n) is 11.2. The monoisotopic (exact) mass is 334 g/mol. The number of benzene rings is 1. The van der Waals surface area contributed by atoms with E-state index in [-0.39, 0.29) is 5.91 Å². The van der Waals surface area contributed by atoms with Crippen molar-refractivity contribution in [3.05, 3.63) is 46.7 Å². The van der Waals surface area contributed by atoms with Crippen molar-refractivity contribution in [3.63, 3.8) is 0 Å². The van der Waals surface area contributed by atoms with E-state index in [1.165, 1.54) is 0 Å². The molecule has 0 aliphatic carbocycles. The Morgan fingerprint density at radius 3 is 2.75 bits per heavy atom. The fourth-order valence-corrected chi connectivity index (χ4v) is 2.12. The molecule has 20 heavy (non-hydrogen) atoms. The number of carbonyl (C=O) groups excluding carboxylic acids is 1. The van der Waals surface area contributed by atoms with Crippen LogP contribution in [0.4, 0.5) is 17.1 Å². The molecule has 5 nitrogen and oxygen atoms in total. The van der Waals surface area contributed by atoms with E-state index < -0.39 is 0 Å². The van der Waals surface area contributed by atoms with Crippen molar-refractivity contribution < 1.29 is 4.79 Å². The summed E-state index contributed by atoms with van der Waals surface area (Å²) in [4.78, 5) is 18.2. The number of halogens is 1. The van der Waals surface area contributed by atoms with Gasteiger partial charge in [0, 0.05) is 36.0 Å². The number of amides is 1. The quantitative estimate of drug-likeness (QED) is 0.846. The minimum Gasteiger partial charge on any atom is -0.398 e. The van der Waals surface area contributed by atoms with Gasteiger partial charge in [0.1, 0.15) is 0 Å². The van der Waals surface area contributed by atoms with Crippen LogP contribution in [0, 0.1) is 0 Å². The lowest BCUT2D eigenvalue weighted by Gasteiger charge is -2.17. The van der Waals surface area contributed by atoms with E-state index in [1.54, 1.807) is 30.6 Å². The molecule has 0 fully saturated rings. The van der Waals surface area contributed by atoms with Crippen LogP contribution in [0.2, 0.25) is 0 Å². The highest BCUT2D eigenvalue weighted by Crippen LogP contribution is 2.24. The van der Waals surface area contributed by atoms with Gasteiger partial charge in [0.2, 0.25) is 0 Å². The maximum atomic E-state index is 12.2. The first kappa shape index (κ1) is 14.3. The van der Waals surface area contributed by atoms with E-state index in [2.05, 4.69) is 26.2 Å². The number of hydrogen-bond acceptors (Lipinski definition) is 4. The lowest BCUT2D eigenvalue weighted by Crippen LogP contribution is -2.17. The molecule has 6 heteroatoms. The van der Waals surface area contributed by atoms with Crippen LogP contribution in [0.25, 0.3) is 0 Å². The summed E-state index contributed by atoms with van der Waals surface area (Å²) < 4.78 is 0.698. The minimum absolute atomic E-state index is 0.207. The van der Waals surface area contributed by atoms with Crippen molar-refractivity contribution in [1.29, 1.82) is 0 Å². The van der Waals surface area contributed by atoms with Crippen LogP contribution in [-0.4, -0.2) is 25.0 Å². The molecule has 0 saturated heterocycles. The molecule has 1 amide bonds. The third kappa shape index (κ3) is 3.08.